The first kappa shape index (κ1) is 16.8. The summed E-state index contributed by atoms with van der Waals surface area (Å²) in [4.78, 5) is 26.1. The molecule has 1 aromatic carbocycles. The second kappa shape index (κ2) is 7.66. The summed E-state index contributed by atoms with van der Waals surface area (Å²) in [5, 5.41) is 2.80. The number of carbonyl (C=O) groups is 2. The number of esters is 1. The van der Waals surface area contributed by atoms with Crippen LogP contribution in [0.15, 0.2) is 18.2 Å². The minimum Gasteiger partial charge on any atom is -0.454 e. The molecule has 1 aromatic rings. The van der Waals surface area contributed by atoms with Gasteiger partial charge in [0.1, 0.15) is 0 Å². The lowest BCUT2D eigenvalue weighted by atomic mass is 10.1. The number of nitrogens with zero attached hydrogens (tertiary/aromatic N) is 1. The summed E-state index contributed by atoms with van der Waals surface area (Å²) in [5.74, 6) is -0.790. The Hall–Kier alpha value is -2.08. The number of aryl methyl sites for hydroxylation is 1. The van der Waals surface area contributed by atoms with Crippen LogP contribution in [-0.2, 0) is 19.1 Å². The summed E-state index contributed by atoms with van der Waals surface area (Å²) >= 11 is 0. The Kier molecular flexibility index (Phi) is 5.35. The zero-order chi connectivity index (χ0) is 16.9. The van der Waals surface area contributed by atoms with Crippen LogP contribution in [0.3, 0.4) is 0 Å². The normalized spacial score (nSPS) is 20.2. The van der Waals surface area contributed by atoms with Gasteiger partial charge in [0.2, 0.25) is 0 Å². The molecule has 6 nitrogen and oxygen atoms in total. The third kappa shape index (κ3) is 4.06. The van der Waals surface area contributed by atoms with Crippen molar-refractivity contribution in [3.05, 3.63) is 23.8 Å². The van der Waals surface area contributed by atoms with Gasteiger partial charge in [0.15, 0.2) is 12.7 Å². The summed E-state index contributed by atoms with van der Waals surface area (Å²) in [6.07, 6.45) is 3.46. The number of amides is 1. The minimum absolute atomic E-state index is 0.286. The molecule has 2 aliphatic heterocycles. The summed E-state index contributed by atoms with van der Waals surface area (Å²) in [6.45, 7) is 4.43. The smallest absolute Gasteiger partial charge is 0.335 e. The van der Waals surface area contributed by atoms with Crippen molar-refractivity contribution in [2.45, 2.75) is 38.7 Å². The molecule has 1 N–H and O–H groups in total. The molecular weight excluding hydrogens is 308 g/mol. The van der Waals surface area contributed by atoms with Crippen LogP contribution in [0.1, 0.15) is 31.2 Å². The van der Waals surface area contributed by atoms with E-state index in [1.165, 1.54) is 18.5 Å². The predicted octanol–water partition coefficient (Wildman–Crippen LogP) is 2.26. The van der Waals surface area contributed by atoms with E-state index in [0.29, 0.717) is 13.0 Å². The van der Waals surface area contributed by atoms with Gasteiger partial charge in [-0.25, -0.2) is 4.79 Å². The average molecular weight is 332 g/mol. The molecule has 2 heterocycles. The summed E-state index contributed by atoms with van der Waals surface area (Å²) in [7, 11) is 0. The molecule has 0 unspecified atom stereocenters. The van der Waals surface area contributed by atoms with Gasteiger partial charge < -0.3 is 19.7 Å². The molecule has 24 heavy (non-hydrogen) atoms. The highest BCUT2D eigenvalue weighted by Crippen LogP contribution is 2.25. The Balaban J connectivity index is 1.51. The van der Waals surface area contributed by atoms with E-state index in [1.807, 2.05) is 19.1 Å². The van der Waals surface area contributed by atoms with Crippen LogP contribution >= 0.6 is 0 Å². The molecule has 0 aromatic heterocycles. The molecule has 0 spiro atoms. The van der Waals surface area contributed by atoms with E-state index >= 15 is 0 Å². The van der Waals surface area contributed by atoms with Gasteiger partial charge in [0.25, 0.3) is 5.91 Å². The summed E-state index contributed by atoms with van der Waals surface area (Å²) in [6, 6.07) is 6.01. The van der Waals surface area contributed by atoms with E-state index in [2.05, 4.69) is 16.3 Å². The fourth-order valence-electron chi connectivity index (χ4n) is 3.14. The molecular formula is C18H24N2O4. The molecule has 0 radical (unpaired) electrons. The monoisotopic (exact) mass is 332 g/mol. The van der Waals surface area contributed by atoms with Crippen LogP contribution in [0.4, 0.5) is 11.4 Å². The second-order valence-electron chi connectivity index (χ2n) is 6.35. The van der Waals surface area contributed by atoms with E-state index in [-0.39, 0.29) is 12.5 Å². The van der Waals surface area contributed by atoms with Crippen molar-refractivity contribution in [2.24, 2.45) is 0 Å². The van der Waals surface area contributed by atoms with E-state index in [9.17, 15) is 9.59 Å². The molecule has 6 heteroatoms. The SMILES string of the molecule is Cc1cc(N2CCCC2)ccc1NC(=O)COC(=O)[C@@H]1CCCO1. The molecule has 0 saturated carbocycles. The highest BCUT2D eigenvalue weighted by atomic mass is 16.6. The van der Waals surface area contributed by atoms with Crippen molar-refractivity contribution in [2.75, 3.05) is 36.5 Å². The van der Waals surface area contributed by atoms with Crippen molar-refractivity contribution in [3.8, 4) is 0 Å². The number of anilines is 2. The van der Waals surface area contributed by atoms with Gasteiger partial charge in [0.05, 0.1) is 0 Å². The number of ether oxygens (including phenoxy) is 2. The minimum atomic E-state index is -0.515. The molecule has 3 rings (SSSR count). The highest BCUT2D eigenvalue weighted by Gasteiger charge is 2.25. The lowest BCUT2D eigenvalue weighted by Gasteiger charge is -2.19. The Morgan fingerprint density at radius 1 is 1.29 bits per heavy atom. The molecule has 2 saturated heterocycles. The maximum Gasteiger partial charge on any atom is 0.335 e. The fraction of sp³-hybridized carbons (Fsp3) is 0.556. The van der Waals surface area contributed by atoms with Crippen molar-refractivity contribution < 1.29 is 19.1 Å². The Morgan fingerprint density at radius 2 is 2.08 bits per heavy atom. The molecule has 0 aliphatic carbocycles. The first-order valence-electron chi connectivity index (χ1n) is 8.57. The Morgan fingerprint density at radius 3 is 2.75 bits per heavy atom. The van der Waals surface area contributed by atoms with Crippen molar-refractivity contribution in [1.29, 1.82) is 0 Å². The lowest BCUT2D eigenvalue weighted by Crippen LogP contribution is -2.27. The fourth-order valence-corrected chi connectivity index (χ4v) is 3.14. The molecule has 130 valence electrons. The van der Waals surface area contributed by atoms with Crippen molar-refractivity contribution >= 4 is 23.3 Å². The number of carbonyl (C=O) groups excluding carboxylic acids is 2. The molecule has 0 bridgehead atoms. The van der Waals surface area contributed by atoms with Gasteiger partial charge in [-0.05, 0) is 56.4 Å². The summed E-state index contributed by atoms with van der Waals surface area (Å²) in [5.41, 5.74) is 2.93. The van der Waals surface area contributed by atoms with Crippen LogP contribution in [0, 0.1) is 6.92 Å². The van der Waals surface area contributed by atoms with Gasteiger partial charge in [-0.15, -0.1) is 0 Å². The number of nitrogens with one attached hydrogen (secondary N) is 1. The molecule has 2 fully saturated rings. The second-order valence-corrected chi connectivity index (χ2v) is 6.35. The maximum absolute atomic E-state index is 12.0. The largest absolute Gasteiger partial charge is 0.454 e. The van der Waals surface area contributed by atoms with E-state index in [0.717, 1.165) is 30.8 Å². The van der Waals surface area contributed by atoms with Gasteiger partial charge in [-0.1, -0.05) is 0 Å². The third-order valence-electron chi connectivity index (χ3n) is 4.49. The van der Waals surface area contributed by atoms with Crippen molar-refractivity contribution in [1.82, 2.24) is 0 Å². The zero-order valence-corrected chi connectivity index (χ0v) is 14.0. The van der Waals surface area contributed by atoms with Crippen LogP contribution in [0.5, 0.6) is 0 Å². The Labute approximate surface area is 142 Å². The number of benzene rings is 1. The van der Waals surface area contributed by atoms with Gasteiger partial charge in [0, 0.05) is 31.1 Å². The van der Waals surface area contributed by atoms with Gasteiger partial charge >= 0.3 is 5.97 Å². The molecule has 2 aliphatic rings. The van der Waals surface area contributed by atoms with Crippen LogP contribution < -0.4 is 10.2 Å². The number of hydrogen-bond acceptors (Lipinski definition) is 5. The highest BCUT2D eigenvalue weighted by molar-refractivity contribution is 5.94. The van der Waals surface area contributed by atoms with E-state index < -0.39 is 12.1 Å². The van der Waals surface area contributed by atoms with Crippen LogP contribution in [0.2, 0.25) is 0 Å². The molecule has 1 amide bonds. The predicted molar refractivity (Wildman–Crippen MR) is 91.2 cm³/mol. The van der Waals surface area contributed by atoms with Crippen LogP contribution in [-0.4, -0.2) is 44.3 Å². The quantitative estimate of drug-likeness (QED) is 0.838. The third-order valence-corrected chi connectivity index (χ3v) is 4.49. The van der Waals surface area contributed by atoms with E-state index in [4.69, 9.17) is 9.47 Å². The van der Waals surface area contributed by atoms with E-state index in [1.54, 1.807) is 0 Å². The maximum atomic E-state index is 12.0. The average Bonchev–Trinajstić information content (AvgIpc) is 3.27. The number of rotatable bonds is 5. The zero-order valence-electron chi connectivity index (χ0n) is 14.0. The van der Waals surface area contributed by atoms with Crippen LogP contribution in [0.25, 0.3) is 0 Å². The first-order chi connectivity index (χ1) is 11.6. The standard InChI is InChI=1S/C18H24N2O4/c1-13-11-14(20-8-2-3-9-20)6-7-15(13)19-17(21)12-24-18(22)16-5-4-10-23-16/h6-7,11,16H,2-5,8-10,12H2,1H3,(H,19,21)/t16-/m0/s1. The lowest BCUT2D eigenvalue weighted by molar-refractivity contribution is -0.156. The Bertz CT molecular complexity index is 605. The van der Waals surface area contributed by atoms with Gasteiger partial charge in [-0.3, -0.25) is 4.79 Å². The van der Waals surface area contributed by atoms with Crippen molar-refractivity contribution in [3.63, 3.8) is 0 Å². The number of hydrogen-bond donors (Lipinski definition) is 1. The molecule has 1 atom stereocenters. The first-order valence-corrected chi connectivity index (χ1v) is 8.57. The summed E-state index contributed by atoms with van der Waals surface area (Å²) < 4.78 is 10.3. The topological polar surface area (TPSA) is 67.9 Å². The van der Waals surface area contributed by atoms with Gasteiger partial charge in [-0.2, -0.15) is 0 Å².